The Labute approximate surface area is 110 Å². The van der Waals surface area contributed by atoms with Crippen molar-refractivity contribution in [3.05, 3.63) is 0 Å². The summed E-state index contributed by atoms with van der Waals surface area (Å²) in [5.74, 6) is -2.98. The molecule has 2 aliphatic heterocycles. The Morgan fingerprint density at radius 3 is 2.47 bits per heavy atom. The van der Waals surface area contributed by atoms with Gasteiger partial charge in [0.25, 0.3) is 0 Å². The number of carboxylic acid groups (broad SMARTS) is 1. The van der Waals surface area contributed by atoms with Crippen LogP contribution >= 0.6 is 0 Å². The van der Waals surface area contributed by atoms with E-state index in [2.05, 4.69) is 0 Å². The molecule has 0 spiro atoms. The van der Waals surface area contributed by atoms with Crippen LogP contribution in [0.2, 0.25) is 0 Å². The highest BCUT2D eigenvalue weighted by Crippen LogP contribution is 2.49. The first kappa shape index (κ1) is 14.2. The molecule has 0 aromatic carbocycles. The summed E-state index contributed by atoms with van der Waals surface area (Å²) in [5, 5.41) is 7.97. The molecule has 108 valence electrons. The van der Waals surface area contributed by atoms with Gasteiger partial charge in [0, 0.05) is 7.11 Å². The lowest BCUT2D eigenvalue weighted by Gasteiger charge is -2.44. The van der Waals surface area contributed by atoms with Gasteiger partial charge < -0.3 is 20.5 Å². The molecule has 2 rings (SSSR count). The molecule has 2 heterocycles. The van der Waals surface area contributed by atoms with Gasteiger partial charge in [-0.05, 0) is 13.8 Å². The molecular weight excluding hydrogens is 276 g/mol. The molecular formula is C10H16N2O6S. The second kappa shape index (κ2) is 3.90. The lowest BCUT2D eigenvalue weighted by Crippen LogP contribution is -2.68. The third kappa shape index (κ3) is 1.49. The largest absolute Gasteiger partial charge is 0.480 e. The van der Waals surface area contributed by atoms with Crippen molar-refractivity contribution < 1.29 is 27.9 Å². The van der Waals surface area contributed by atoms with Gasteiger partial charge in [0.05, 0.1) is 4.75 Å². The highest BCUT2D eigenvalue weighted by molar-refractivity contribution is 7.93. The summed E-state index contributed by atoms with van der Waals surface area (Å²) in [7, 11) is -2.57. The number of hydrogen-bond acceptors (Lipinski definition) is 6. The number of methoxy groups -OCH3 is 1. The number of fused-ring (bicyclic) bond motifs is 1. The van der Waals surface area contributed by atoms with Crippen LogP contribution in [0, 0.1) is 5.92 Å². The Morgan fingerprint density at radius 1 is 1.53 bits per heavy atom. The van der Waals surface area contributed by atoms with Crippen LogP contribution in [0.5, 0.6) is 0 Å². The van der Waals surface area contributed by atoms with E-state index in [-0.39, 0.29) is 0 Å². The number of ether oxygens (including phenoxy) is 1. The molecule has 0 radical (unpaired) electrons. The lowest BCUT2D eigenvalue weighted by atomic mass is 9.91. The average molecular weight is 292 g/mol. The Bertz CT molecular complexity index is 542. The molecule has 0 saturated carbocycles. The number of carboxylic acids is 1. The van der Waals surface area contributed by atoms with Crippen molar-refractivity contribution in [2.24, 2.45) is 11.7 Å². The number of nitrogens with zero attached hydrogens (tertiary/aromatic N) is 1. The van der Waals surface area contributed by atoms with Crippen molar-refractivity contribution in [2.45, 2.75) is 36.2 Å². The van der Waals surface area contributed by atoms with Crippen LogP contribution in [0.1, 0.15) is 13.8 Å². The monoisotopic (exact) mass is 292 g/mol. The highest BCUT2D eigenvalue weighted by Gasteiger charge is 2.73. The molecule has 0 aromatic heterocycles. The fourth-order valence-electron chi connectivity index (χ4n) is 2.79. The van der Waals surface area contributed by atoms with Gasteiger partial charge in [0.2, 0.25) is 5.91 Å². The van der Waals surface area contributed by atoms with Crippen LogP contribution in [-0.4, -0.2) is 59.8 Å². The van der Waals surface area contributed by atoms with Crippen LogP contribution in [0.4, 0.5) is 0 Å². The second-order valence-electron chi connectivity index (χ2n) is 5.25. The quantitative estimate of drug-likeness (QED) is 0.472. The van der Waals surface area contributed by atoms with Crippen molar-refractivity contribution in [1.29, 1.82) is 0 Å². The standard InChI is InChI=1S/C10H16N2O6S/c1-10(2)5(9(14)15)12-7(13)4(6(11)18-3)8(12)19(10,16)17/h4-6,8H,11H2,1-3H3,(H,14,15)/t4-,5-,6?,8+/m0/s1. The van der Waals surface area contributed by atoms with E-state index in [1.165, 1.54) is 21.0 Å². The van der Waals surface area contributed by atoms with E-state index in [0.717, 1.165) is 4.90 Å². The summed E-state index contributed by atoms with van der Waals surface area (Å²) in [5.41, 5.74) is 5.57. The minimum absolute atomic E-state index is 0.596. The van der Waals surface area contributed by atoms with E-state index in [4.69, 9.17) is 10.5 Å². The smallest absolute Gasteiger partial charge is 0.328 e. The van der Waals surface area contributed by atoms with E-state index in [0.29, 0.717) is 0 Å². The van der Waals surface area contributed by atoms with Gasteiger partial charge in [-0.15, -0.1) is 0 Å². The number of carbonyl (C=O) groups is 2. The van der Waals surface area contributed by atoms with Gasteiger partial charge in [0.1, 0.15) is 18.2 Å². The SMILES string of the molecule is COC(N)[C@H]1C(=O)N2[C@@H](C(=O)O)C(C)(C)S(=O)(=O)[C@H]12. The summed E-state index contributed by atoms with van der Waals surface area (Å²) < 4.78 is 28.1. The number of aliphatic carboxylic acids is 1. The molecule has 4 atom stereocenters. The lowest BCUT2D eigenvalue weighted by molar-refractivity contribution is -0.170. The first-order chi connectivity index (χ1) is 8.59. The summed E-state index contributed by atoms with van der Waals surface area (Å²) in [4.78, 5) is 24.1. The molecule has 19 heavy (non-hydrogen) atoms. The van der Waals surface area contributed by atoms with Gasteiger partial charge >= 0.3 is 5.97 Å². The molecule has 8 nitrogen and oxygen atoms in total. The van der Waals surface area contributed by atoms with Crippen LogP contribution in [0.25, 0.3) is 0 Å². The minimum atomic E-state index is -3.83. The van der Waals surface area contributed by atoms with Crippen molar-refractivity contribution in [2.75, 3.05) is 7.11 Å². The Hall–Kier alpha value is -1.19. The molecule has 0 aliphatic carbocycles. The van der Waals surface area contributed by atoms with Gasteiger partial charge in [-0.1, -0.05) is 0 Å². The number of rotatable bonds is 3. The second-order valence-corrected chi connectivity index (χ2v) is 7.88. The zero-order valence-electron chi connectivity index (χ0n) is 10.7. The molecule has 3 N–H and O–H groups in total. The molecule has 2 saturated heterocycles. The van der Waals surface area contributed by atoms with Crippen molar-refractivity contribution in [3.8, 4) is 0 Å². The fraction of sp³-hybridized carbons (Fsp3) is 0.800. The van der Waals surface area contributed by atoms with Crippen LogP contribution in [0.15, 0.2) is 0 Å². The Balaban J connectivity index is 2.51. The van der Waals surface area contributed by atoms with Crippen molar-refractivity contribution in [1.82, 2.24) is 4.90 Å². The minimum Gasteiger partial charge on any atom is -0.480 e. The van der Waals surface area contributed by atoms with Crippen LogP contribution in [0.3, 0.4) is 0 Å². The first-order valence-electron chi connectivity index (χ1n) is 5.65. The number of β-lactam (4-membered cyclic amide) rings is 1. The first-order valence-corrected chi connectivity index (χ1v) is 7.20. The molecule has 2 aliphatic rings. The number of hydrogen-bond donors (Lipinski definition) is 2. The predicted octanol–water partition coefficient (Wildman–Crippen LogP) is -1.64. The highest BCUT2D eigenvalue weighted by atomic mass is 32.2. The van der Waals surface area contributed by atoms with E-state index in [9.17, 15) is 23.1 Å². The van der Waals surface area contributed by atoms with Gasteiger partial charge in [-0.2, -0.15) is 0 Å². The fourth-order valence-corrected chi connectivity index (χ4v) is 5.12. The van der Waals surface area contributed by atoms with E-state index in [1.807, 2.05) is 0 Å². The maximum absolute atomic E-state index is 12.4. The topological polar surface area (TPSA) is 127 Å². The van der Waals surface area contributed by atoms with E-state index in [1.54, 1.807) is 0 Å². The van der Waals surface area contributed by atoms with Crippen LogP contribution < -0.4 is 5.73 Å². The maximum Gasteiger partial charge on any atom is 0.328 e. The summed E-state index contributed by atoms with van der Waals surface area (Å²) >= 11 is 0. The van der Waals surface area contributed by atoms with Gasteiger partial charge in [-0.25, -0.2) is 13.2 Å². The molecule has 0 bridgehead atoms. The molecule has 1 amide bonds. The summed E-state index contributed by atoms with van der Waals surface area (Å²) in [6.07, 6.45) is -1.06. The zero-order chi connectivity index (χ0) is 14.7. The molecule has 9 heteroatoms. The Morgan fingerprint density at radius 2 is 2.05 bits per heavy atom. The normalized spacial score (nSPS) is 36.5. The average Bonchev–Trinajstić information content (AvgIpc) is 2.43. The Kier molecular flexibility index (Phi) is 2.92. The summed E-state index contributed by atoms with van der Waals surface area (Å²) in [6, 6.07) is -1.39. The number of carbonyl (C=O) groups excluding carboxylic acids is 1. The third-order valence-corrected chi connectivity index (χ3v) is 6.81. The summed E-state index contributed by atoms with van der Waals surface area (Å²) in [6.45, 7) is 2.62. The van der Waals surface area contributed by atoms with Crippen molar-refractivity contribution >= 4 is 21.7 Å². The number of nitrogens with two attached hydrogens (primary N) is 1. The molecule has 2 fully saturated rings. The molecule has 1 unspecified atom stereocenters. The van der Waals surface area contributed by atoms with Gasteiger partial charge in [-0.3, -0.25) is 4.79 Å². The van der Waals surface area contributed by atoms with Crippen molar-refractivity contribution in [3.63, 3.8) is 0 Å². The number of sulfone groups is 1. The molecule has 0 aromatic rings. The van der Waals surface area contributed by atoms with Gasteiger partial charge in [0.15, 0.2) is 15.2 Å². The predicted molar refractivity (Wildman–Crippen MR) is 63.5 cm³/mol. The van der Waals surface area contributed by atoms with E-state index >= 15 is 0 Å². The van der Waals surface area contributed by atoms with E-state index < -0.39 is 50.0 Å². The zero-order valence-corrected chi connectivity index (χ0v) is 11.5. The third-order valence-electron chi connectivity index (χ3n) is 3.97. The van der Waals surface area contributed by atoms with Crippen LogP contribution in [-0.2, 0) is 24.2 Å². The maximum atomic E-state index is 12.4. The number of amides is 1.